The smallest absolute Gasteiger partial charge is 0.336 e. The van der Waals surface area contributed by atoms with E-state index < -0.39 is 185 Å². The Morgan fingerprint density at radius 2 is 0.579 bits per heavy atom. The molecule has 3 unspecified atom stereocenters. The van der Waals surface area contributed by atoms with Crippen LogP contribution in [0.3, 0.4) is 0 Å². The van der Waals surface area contributed by atoms with Gasteiger partial charge in [-0.1, -0.05) is 0 Å². The first-order valence-electron chi connectivity index (χ1n) is 22.3. The second-order valence-electron chi connectivity index (χ2n) is 17.5. The van der Waals surface area contributed by atoms with Crippen LogP contribution in [-0.4, -0.2) is 357 Å². The molecule has 3 aliphatic heterocycles. The van der Waals surface area contributed by atoms with Crippen LogP contribution in [0.1, 0.15) is 12.8 Å². The summed E-state index contributed by atoms with van der Waals surface area (Å²) in [6.45, 7) is -4.94. The van der Waals surface area contributed by atoms with Crippen molar-refractivity contribution in [3.8, 4) is 0 Å². The van der Waals surface area contributed by atoms with Crippen molar-refractivity contribution in [1.82, 2.24) is 29.4 Å². The molecule has 440 valence electrons. The number of hydrogen-bond donors (Lipinski definition) is 25. The highest BCUT2D eigenvalue weighted by Gasteiger charge is 2.52. The number of nitrogens with one attached hydrogen (secondary N) is 3. The number of amides is 3. The molecule has 0 aromatic rings. The van der Waals surface area contributed by atoms with Gasteiger partial charge in [-0.3, -0.25) is 40.2 Å². The largest absolute Gasteiger partial charge is 0.481 e. The van der Waals surface area contributed by atoms with Crippen molar-refractivity contribution in [3.05, 3.63) is 0 Å². The Kier molecular flexibility index (Phi) is 28.8. The summed E-state index contributed by atoms with van der Waals surface area (Å²) < 4.78 is 0. The number of nitrogens with two attached hydrogens (primary N) is 3. The first-order valence-corrected chi connectivity index (χ1v) is 22.3. The van der Waals surface area contributed by atoms with Crippen LogP contribution in [0, 0.1) is 16.2 Å². The summed E-state index contributed by atoms with van der Waals surface area (Å²) in [6, 6.07) is -7.04. The number of aliphatic hydroxyl groups is 16. The summed E-state index contributed by atoms with van der Waals surface area (Å²) >= 11 is 0. The average Bonchev–Trinajstić information content (AvgIpc) is 3.33. The van der Waals surface area contributed by atoms with Crippen LogP contribution in [0.4, 0.5) is 0 Å². The molecule has 0 bridgehead atoms. The molecule has 37 heteroatoms. The molecule has 3 fully saturated rings. The molecule has 0 radical (unpaired) electrons. The van der Waals surface area contributed by atoms with Gasteiger partial charge in [-0.05, 0) is 0 Å². The number of piperidine rings is 3. The molecule has 3 amide bonds. The van der Waals surface area contributed by atoms with Gasteiger partial charge in [0.15, 0.2) is 23.5 Å². The number of nitrogens with zero attached hydrogens (tertiary/aromatic N) is 6. The molecule has 3 aliphatic rings. The number of aliphatic hydroxyl groups excluding tert-OH is 15. The van der Waals surface area contributed by atoms with E-state index in [1.807, 2.05) is 0 Å². The predicted octanol–water partition coefficient (Wildman–Crippen LogP) is -14.9. The molecule has 0 aromatic heterocycles. The third kappa shape index (κ3) is 18.1. The maximum atomic E-state index is 12.3. The lowest BCUT2D eigenvalue weighted by molar-refractivity contribution is -0.188. The standard InChI is InChI=1S/3C11H22N4O6.C6H8O7/c3*1-14(11(12)13)2-7(18)15-5(3-16)8(19)10(21)9(20)6(15)4-17;7-3(8)1-6(13,5(11)12)2-4(9)10/h3*5-6,8-10,16-17,19-21H,2-4H2,1H3,(H3,12,13);13H,1-2H2,(H,7,8)(H,9,10)(H,11,12)/t3*5-,6-,8-,9+,10?;/m111./s1. The topological polar surface area (TPSA) is 656 Å². The highest BCUT2D eigenvalue weighted by atomic mass is 16.4. The van der Waals surface area contributed by atoms with Crippen LogP contribution in [0.25, 0.3) is 0 Å². The molecule has 3 saturated heterocycles. The maximum Gasteiger partial charge on any atom is 0.336 e. The zero-order valence-electron chi connectivity index (χ0n) is 41.3. The Bertz CT molecular complexity index is 1720. The number of rotatable bonds is 17. The number of carboxylic acids is 3. The van der Waals surface area contributed by atoms with Gasteiger partial charge in [0, 0.05) is 21.1 Å². The van der Waals surface area contributed by atoms with Crippen molar-refractivity contribution in [3.63, 3.8) is 0 Å². The minimum absolute atomic E-state index is 0.335. The van der Waals surface area contributed by atoms with Gasteiger partial charge in [0.2, 0.25) is 17.7 Å². The molecule has 0 aliphatic carbocycles. The van der Waals surface area contributed by atoms with Crippen LogP contribution < -0.4 is 17.2 Å². The third-order valence-electron chi connectivity index (χ3n) is 12.2. The van der Waals surface area contributed by atoms with Gasteiger partial charge in [-0.25, -0.2) is 4.79 Å². The number of guanidine groups is 3. The first kappa shape index (κ1) is 70.0. The Morgan fingerprint density at radius 1 is 0.408 bits per heavy atom. The fourth-order valence-electron chi connectivity index (χ4n) is 7.81. The van der Waals surface area contributed by atoms with E-state index in [9.17, 15) is 105 Å². The minimum atomic E-state index is -2.74. The van der Waals surface area contributed by atoms with E-state index in [0.29, 0.717) is 0 Å². The Morgan fingerprint density at radius 3 is 0.697 bits per heavy atom. The van der Waals surface area contributed by atoms with E-state index in [2.05, 4.69) is 0 Å². The summed E-state index contributed by atoms with van der Waals surface area (Å²) in [5.41, 5.74) is 12.9. The number of aliphatic carboxylic acids is 3. The molecule has 0 aromatic carbocycles. The summed E-state index contributed by atoms with van der Waals surface area (Å²) in [7, 11) is 4.19. The highest BCUT2D eigenvalue weighted by Crippen LogP contribution is 2.27. The number of hydrogen-bond acceptors (Lipinski definition) is 25. The van der Waals surface area contributed by atoms with E-state index >= 15 is 0 Å². The molecule has 37 nitrogen and oxygen atoms in total. The lowest BCUT2D eigenvalue weighted by Crippen LogP contribution is -2.70. The van der Waals surface area contributed by atoms with E-state index in [1.165, 1.54) is 21.1 Å². The fourth-order valence-corrected chi connectivity index (χ4v) is 7.81. The molecule has 0 saturated carbocycles. The Hall–Kier alpha value is -6.01. The van der Waals surface area contributed by atoms with Crippen LogP contribution in [-0.2, 0) is 28.8 Å². The van der Waals surface area contributed by atoms with E-state index in [4.69, 9.17) is 53.9 Å². The summed E-state index contributed by atoms with van der Waals surface area (Å²) in [5, 5.41) is 200. The van der Waals surface area contributed by atoms with E-state index in [1.54, 1.807) is 0 Å². The first-order chi connectivity index (χ1) is 35.0. The maximum absolute atomic E-state index is 12.3. The van der Waals surface area contributed by atoms with Gasteiger partial charge in [0.1, 0.15) is 54.9 Å². The molecular formula is C39H74N12O25. The lowest BCUT2D eigenvalue weighted by Gasteiger charge is -2.48. The van der Waals surface area contributed by atoms with Crippen LogP contribution in [0.15, 0.2) is 0 Å². The summed E-state index contributed by atoms with van der Waals surface area (Å²) in [4.78, 5) is 73.4. The SMILES string of the molecule is CN(CC(=O)N1[C@H](CO)[C@H](O)C(O)[C@H](O)[C@H]1CO)C(=N)N.CN(CC(=O)N1[C@H](CO)[C@H](O)C(O)[C@H](O)[C@H]1CO)C(=N)N.CN(CC(=O)N1[C@H](CO)[C@H](O)C(O)[C@H](O)[C@H]1CO)C(=N)N.O=C(O)CC(O)(CC(=O)O)C(=O)O. The van der Waals surface area contributed by atoms with Crippen LogP contribution in [0.5, 0.6) is 0 Å². The highest BCUT2D eigenvalue weighted by molar-refractivity contribution is 5.88. The fraction of sp³-hybridized carbons (Fsp3) is 0.769. The Labute approximate surface area is 431 Å². The minimum Gasteiger partial charge on any atom is -0.481 e. The third-order valence-corrected chi connectivity index (χ3v) is 12.2. The van der Waals surface area contributed by atoms with E-state index in [0.717, 1.165) is 29.4 Å². The van der Waals surface area contributed by atoms with Gasteiger partial charge in [0.05, 0.1) is 108 Å². The van der Waals surface area contributed by atoms with Gasteiger partial charge < -0.3 is 144 Å². The number of likely N-dealkylation sites (N-methyl/N-ethyl adjacent to an activating group) is 3. The second kappa shape index (κ2) is 31.3. The average molecular weight is 1110 g/mol. The number of carboxylic acid groups (broad SMARTS) is 3. The van der Waals surface area contributed by atoms with Gasteiger partial charge in [0.25, 0.3) is 0 Å². The van der Waals surface area contributed by atoms with Crippen LogP contribution >= 0.6 is 0 Å². The lowest BCUT2D eigenvalue weighted by atomic mass is 9.88. The van der Waals surface area contributed by atoms with Gasteiger partial charge >= 0.3 is 17.9 Å². The molecule has 28 N–H and O–H groups in total. The normalized spacial score (nSPS) is 29.1. The zero-order valence-corrected chi connectivity index (χ0v) is 41.3. The molecule has 15 atom stereocenters. The predicted molar refractivity (Wildman–Crippen MR) is 251 cm³/mol. The van der Waals surface area contributed by atoms with Crippen molar-refractivity contribution in [1.29, 1.82) is 16.2 Å². The number of carbonyl (C=O) groups is 6. The summed E-state index contributed by atoms with van der Waals surface area (Å²) in [6.07, 6.45) is -16.4. The number of carbonyl (C=O) groups excluding carboxylic acids is 3. The number of likely N-dealkylation sites (tertiary alicyclic amines) is 3. The monoisotopic (exact) mass is 1110 g/mol. The van der Waals surface area contributed by atoms with Crippen molar-refractivity contribution >= 4 is 53.5 Å². The van der Waals surface area contributed by atoms with Gasteiger partial charge in [-0.15, -0.1) is 0 Å². The molecule has 0 spiro atoms. The molecule has 3 heterocycles. The quantitative estimate of drug-likeness (QED) is 0.0475. The van der Waals surface area contributed by atoms with Crippen LogP contribution in [0.2, 0.25) is 0 Å². The van der Waals surface area contributed by atoms with Gasteiger partial charge in [-0.2, -0.15) is 0 Å². The van der Waals surface area contributed by atoms with Crippen molar-refractivity contribution < 1.29 is 126 Å². The molecule has 76 heavy (non-hydrogen) atoms. The second-order valence-corrected chi connectivity index (χ2v) is 17.5. The van der Waals surface area contributed by atoms with Crippen molar-refractivity contribution in [2.75, 3.05) is 80.4 Å². The molecular weight excluding hydrogens is 1040 g/mol. The molecule has 3 rings (SSSR count). The zero-order chi connectivity index (χ0) is 59.6. The summed E-state index contributed by atoms with van der Waals surface area (Å²) in [5.74, 6) is -8.07. The van der Waals surface area contributed by atoms with Crippen molar-refractivity contribution in [2.24, 2.45) is 17.2 Å². The van der Waals surface area contributed by atoms with E-state index in [-0.39, 0.29) is 37.5 Å². The van der Waals surface area contributed by atoms with Crippen molar-refractivity contribution in [2.45, 2.75) is 110 Å². The Balaban J connectivity index is 0.00000100.